The van der Waals surface area contributed by atoms with E-state index in [1.165, 1.54) is 17.0 Å². The third kappa shape index (κ3) is 6.48. The molecule has 0 spiro atoms. The number of aromatic nitrogens is 1. The molecule has 0 aliphatic heterocycles. The third-order valence-corrected chi connectivity index (χ3v) is 4.65. The number of amides is 2. The lowest BCUT2D eigenvalue weighted by Gasteiger charge is -2.21. The van der Waals surface area contributed by atoms with Crippen LogP contribution in [-0.4, -0.2) is 48.7 Å². The number of hydrogen-bond donors (Lipinski definition) is 1. The Balaban J connectivity index is 1.57. The minimum atomic E-state index is -0.339. The highest BCUT2D eigenvalue weighted by molar-refractivity contribution is 5.93. The van der Waals surface area contributed by atoms with Gasteiger partial charge < -0.3 is 19.5 Å². The molecule has 1 aromatic heterocycles. The number of methoxy groups -OCH3 is 1. The van der Waals surface area contributed by atoms with Gasteiger partial charge in [-0.1, -0.05) is 47.6 Å². The number of carbonyl (C=O) groups is 2. The number of carbonyl (C=O) groups excluding carboxylic acids is 2. The summed E-state index contributed by atoms with van der Waals surface area (Å²) >= 11 is 0. The molecular weight excluding hydrogens is 401 g/mol. The Bertz CT molecular complexity index is 990. The average molecular weight is 425 g/mol. The molecule has 2 amide bonds. The van der Waals surface area contributed by atoms with Gasteiger partial charge >= 0.3 is 0 Å². The Kier molecular flexibility index (Phi) is 7.89. The van der Waals surface area contributed by atoms with Crippen molar-refractivity contribution >= 4 is 11.8 Å². The summed E-state index contributed by atoms with van der Waals surface area (Å²) in [5.41, 5.74) is 1.78. The summed E-state index contributed by atoms with van der Waals surface area (Å²) in [6.07, 6.45) is 0.111. The van der Waals surface area contributed by atoms with Crippen molar-refractivity contribution in [1.29, 1.82) is 0 Å². The van der Waals surface area contributed by atoms with Crippen LogP contribution in [0.3, 0.4) is 0 Å². The molecule has 0 saturated carbocycles. The third-order valence-electron chi connectivity index (χ3n) is 4.65. The lowest BCUT2D eigenvalue weighted by molar-refractivity contribution is -0.121. The monoisotopic (exact) mass is 425 g/mol. The molecule has 0 atom stereocenters. The van der Waals surface area contributed by atoms with Crippen LogP contribution in [0.4, 0.5) is 4.39 Å². The minimum absolute atomic E-state index is 0.111. The molecule has 3 aromatic rings. The van der Waals surface area contributed by atoms with Crippen molar-refractivity contribution in [3.63, 3.8) is 0 Å². The van der Waals surface area contributed by atoms with Crippen LogP contribution in [0.25, 0.3) is 11.3 Å². The van der Waals surface area contributed by atoms with Gasteiger partial charge in [-0.05, 0) is 17.7 Å². The highest BCUT2D eigenvalue weighted by atomic mass is 19.1. The van der Waals surface area contributed by atoms with E-state index in [1.807, 2.05) is 30.3 Å². The zero-order chi connectivity index (χ0) is 22.1. The van der Waals surface area contributed by atoms with Crippen molar-refractivity contribution in [2.45, 2.75) is 13.0 Å². The number of rotatable bonds is 10. The molecule has 1 heterocycles. The predicted octanol–water partition coefficient (Wildman–Crippen LogP) is 3.28. The maximum atomic E-state index is 13.0. The van der Waals surface area contributed by atoms with Crippen LogP contribution >= 0.6 is 0 Å². The van der Waals surface area contributed by atoms with Crippen molar-refractivity contribution < 1.29 is 23.2 Å². The van der Waals surface area contributed by atoms with Crippen LogP contribution in [0, 0.1) is 5.82 Å². The summed E-state index contributed by atoms with van der Waals surface area (Å²) in [5.74, 6) is -0.391. The molecule has 8 heteroatoms. The van der Waals surface area contributed by atoms with Gasteiger partial charge in [0.25, 0.3) is 5.91 Å². The van der Waals surface area contributed by atoms with E-state index >= 15 is 0 Å². The standard InChI is InChI=1S/C23H24FN3O4/c1-30-14-13-27(12-11-22(28)25-16-17-7-9-19(24)10-8-17)23(29)20-15-21(31-26-20)18-5-3-2-4-6-18/h2-10,15H,11-14,16H2,1H3,(H,25,28). The Morgan fingerprint density at radius 2 is 1.84 bits per heavy atom. The number of hydrogen-bond acceptors (Lipinski definition) is 5. The van der Waals surface area contributed by atoms with Gasteiger partial charge in [0, 0.05) is 44.8 Å². The van der Waals surface area contributed by atoms with E-state index in [-0.39, 0.29) is 42.8 Å². The van der Waals surface area contributed by atoms with Gasteiger partial charge in [-0.15, -0.1) is 0 Å². The molecule has 0 unspecified atom stereocenters. The second-order valence-electron chi connectivity index (χ2n) is 6.88. The Morgan fingerprint density at radius 1 is 1.10 bits per heavy atom. The fraction of sp³-hybridized carbons (Fsp3) is 0.261. The van der Waals surface area contributed by atoms with E-state index in [0.29, 0.717) is 18.9 Å². The van der Waals surface area contributed by atoms with Crippen LogP contribution in [0.2, 0.25) is 0 Å². The first-order chi connectivity index (χ1) is 15.1. The van der Waals surface area contributed by atoms with E-state index in [0.717, 1.165) is 11.1 Å². The predicted molar refractivity (Wildman–Crippen MR) is 113 cm³/mol. The van der Waals surface area contributed by atoms with Crippen LogP contribution < -0.4 is 5.32 Å². The molecular formula is C23H24FN3O4. The number of ether oxygens (including phenoxy) is 1. The van der Waals surface area contributed by atoms with Crippen LogP contribution in [-0.2, 0) is 16.1 Å². The zero-order valence-corrected chi connectivity index (χ0v) is 17.2. The Hall–Kier alpha value is -3.52. The normalized spacial score (nSPS) is 10.6. The molecule has 0 aliphatic carbocycles. The maximum absolute atomic E-state index is 13.0. The van der Waals surface area contributed by atoms with E-state index in [2.05, 4.69) is 10.5 Å². The molecule has 0 fully saturated rings. The summed E-state index contributed by atoms with van der Waals surface area (Å²) in [6.45, 7) is 1.13. The van der Waals surface area contributed by atoms with E-state index in [9.17, 15) is 14.0 Å². The van der Waals surface area contributed by atoms with Gasteiger partial charge in [0.05, 0.1) is 6.61 Å². The van der Waals surface area contributed by atoms with Gasteiger partial charge in [-0.25, -0.2) is 4.39 Å². The van der Waals surface area contributed by atoms with Crippen LogP contribution in [0.15, 0.2) is 65.2 Å². The zero-order valence-electron chi connectivity index (χ0n) is 17.2. The smallest absolute Gasteiger partial charge is 0.276 e. The molecule has 31 heavy (non-hydrogen) atoms. The van der Waals surface area contributed by atoms with Crippen molar-refractivity contribution in [1.82, 2.24) is 15.4 Å². The average Bonchev–Trinajstić information content (AvgIpc) is 3.29. The molecule has 0 saturated heterocycles. The highest BCUT2D eigenvalue weighted by Crippen LogP contribution is 2.20. The molecule has 162 valence electrons. The minimum Gasteiger partial charge on any atom is -0.383 e. The Labute approximate surface area is 179 Å². The van der Waals surface area contributed by atoms with E-state index < -0.39 is 0 Å². The molecule has 0 aliphatic rings. The second-order valence-corrected chi connectivity index (χ2v) is 6.88. The van der Waals surface area contributed by atoms with Crippen molar-refractivity contribution in [3.8, 4) is 11.3 Å². The first-order valence-corrected chi connectivity index (χ1v) is 9.88. The van der Waals surface area contributed by atoms with Gasteiger partial charge in [-0.2, -0.15) is 0 Å². The molecule has 0 bridgehead atoms. The Morgan fingerprint density at radius 3 is 2.55 bits per heavy atom. The molecule has 7 nitrogen and oxygen atoms in total. The van der Waals surface area contributed by atoms with Crippen molar-refractivity contribution in [2.75, 3.05) is 26.8 Å². The fourth-order valence-electron chi connectivity index (χ4n) is 2.92. The lowest BCUT2D eigenvalue weighted by atomic mass is 10.1. The summed E-state index contributed by atoms with van der Waals surface area (Å²) in [6, 6.07) is 16.8. The largest absolute Gasteiger partial charge is 0.383 e. The topological polar surface area (TPSA) is 84.7 Å². The highest BCUT2D eigenvalue weighted by Gasteiger charge is 2.21. The number of halogens is 1. The molecule has 0 radical (unpaired) electrons. The van der Waals surface area contributed by atoms with E-state index in [4.69, 9.17) is 9.26 Å². The summed E-state index contributed by atoms with van der Waals surface area (Å²) in [5, 5.41) is 6.66. The quantitative estimate of drug-likeness (QED) is 0.539. The SMILES string of the molecule is COCCN(CCC(=O)NCc1ccc(F)cc1)C(=O)c1cc(-c2ccccc2)on1. The molecule has 3 rings (SSSR count). The van der Waals surface area contributed by atoms with Crippen LogP contribution in [0.1, 0.15) is 22.5 Å². The van der Waals surface area contributed by atoms with Crippen molar-refractivity contribution in [2.24, 2.45) is 0 Å². The van der Waals surface area contributed by atoms with E-state index in [1.54, 1.807) is 25.3 Å². The number of nitrogens with one attached hydrogen (secondary N) is 1. The summed E-state index contributed by atoms with van der Waals surface area (Å²) in [4.78, 5) is 26.6. The fourth-order valence-corrected chi connectivity index (χ4v) is 2.92. The van der Waals surface area contributed by atoms with Gasteiger partial charge in [0.2, 0.25) is 5.91 Å². The van der Waals surface area contributed by atoms with Crippen molar-refractivity contribution in [3.05, 3.63) is 77.7 Å². The first kappa shape index (κ1) is 22.2. The second kappa shape index (κ2) is 11.0. The maximum Gasteiger partial charge on any atom is 0.276 e. The van der Waals surface area contributed by atoms with Gasteiger partial charge in [0.15, 0.2) is 11.5 Å². The number of nitrogens with zero attached hydrogens (tertiary/aromatic N) is 2. The molecule has 1 N–H and O–H groups in total. The number of benzene rings is 2. The lowest BCUT2D eigenvalue weighted by Crippen LogP contribution is -2.37. The summed E-state index contributed by atoms with van der Waals surface area (Å²) in [7, 11) is 1.54. The van der Waals surface area contributed by atoms with Gasteiger partial charge in [0.1, 0.15) is 5.82 Å². The summed E-state index contributed by atoms with van der Waals surface area (Å²) < 4.78 is 23.4. The first-order valence-electron chi connectivity index (χ1n) is 9.88. The van der Waals surface area contributed by atoms with Gasteiger partial charge in [-0.3, -0.25) is 9.59 Å². The van der Waals surface area contributed by atoms with Crippen LogP contribution in [0.5, 0.6) is 0 Å². The molecule has 2 aromatic carbocycles.